The summed E-state index contributed by atoms with van der Waals surface area (Å²) in [6.07, 6.45) is -0.979. The Kier molecular flexibility index (Phi) is 5.74. The van der Waals surface area contributed by atoms with Gasteiger partial charge in [0.25, 0.3) is 0 Å². The summed E-state index contributed by atoms with van der Waals surface area (Å²) in [6.45, 7) is 3.68. The van der Waals surface area contributed by atoms with Crippen LogP contribution in [0, 0.1) is 6.92 Å². The van der Waals surface area contributed by atoms with Gasteiger partial charge in [-0.05, 0) is 43.7 Å². The molecule has 1 aliphatic rings. The van der Waals surface area contributed by atoms with Crippen LogP contribution >= 0.6 is 0 Å². The van der Waals surface area contributed by atoms with E-state index in [0.29, 0.717) is 5.56 Å². The average Bonchev–Trinajstić information content (AvgIpc) is 3.14. The maximum Gasteiger partial charge on any atom is 0.245 e. The van der Waals surface area contributed by atoms with Crippen LogP contribution in [-0.4, -0.2) is 38.0 Å². The van der Waals surface area contributed by atoms with Crippen molar-refractivity contribution in [2.45, 2.75) is 35.8 Å². The van der Waals surface area contributed by atoms with Crippen molar-refractivity contribution in [3.8, 4) is 0 Å². The zero-order valence-electron chi connectivity index (χ0n) is 17.3. The van der Waals surface area contributed by atoms with Crippen LogP contribution in [0.25, 0.3) is 0 Å². The number of hydrogen-bond donors (Lipinski definition) is 0. The fraction of sp³-hybridized carbons (Fsp3) is 0.217. The Bertz CT molecular complexity index is 1260. The van der Waals surface area contributed by atoms with Crippen molar-refractivity contribution in [2.24, 2.45) is 0 Å². The van der Waals surface area contributed by atoms with Crippen molar-refractivity contribution < 1.29 is 16.8 Å². The Morgan fingerprint density at radius 3 is 1.81 bits per heavy atom. The molecule has 4 rings (SSSR count). The second-order valence-electron chi connectivity index (χ2n) is 7.67. The Labute approximate surface area is 183 Å². The summed E-state index contributed by atoms with van der Waals surface area (Å²) in [6, 6.07) is 23.1. The van der Waals surface area contributed by atoms with Crippen molar-refractivity contribution in [2.75, 3.05) is 6.54 Å². The maximum absolute atomic E-state index is 13.6. The van der Waals surface area contributed by atoms with E-state index in [-0.39, 0.29) is 16.3 Å². The minimum atomic E-state index is -3.94. The van der Waals surface area contributed by atoms with Gasteiger partial charge in [0, 0.05) is 12.6 Å². The molecule has 0 N–H and O–H groups in total. The van der Waals surface area contributed by atoms with E-state index in [1.807, 2.05) is 13.0 Å². The van der Waals surface area contributed by atoms with E-state index >= 15 is 0 Å². The number of hydrogen-bond acceptors (Lipinski definition) is 4. The maximum atomic E-state index is 13.6. The molecule has 0 aromatic heterocycles. The first-order chi connectivity index (χ1) is 14.7. The van der Waals surface area contributed by atoms with Crippen molar-refractivity contribution in [3.63, 3.8) is 0 Å². The molecule has 0 radical (unpaired) electrons. The molecule has 1 saturated heterocycles. The van der Waals surface area contributed by atoms with Gasteiger partial charge in [-0.3, -0.25) is 0 Å². The summed E-state index contributed by atoms with van der Waals surface area (Å²) in [5.74, 6) is 0. The van der Waals surface area contributed by atoms with Crippen LogP contribution in [0.15, 0.2) is 94.7 Å². The molecule has 6 nitrogen and oxygen atoms in total. The molecule has 0 aliphatic carbocycles. The van der Waals surface area contributed by atoms with Gasteiger partial charge in [0.15, 0.2) is 0 Å². The standard InChI is InChI=1S/C23H24N2O4S2/c1-18-13-15-22(16-14-18)30(26,27)24-17-19(2)25(23(24)20-9-5-3-6-10-20)31(28,29)21-11-7-4-8-12-21/h3-16,19,23H,17H2,1-2H3/t19-,23-/m0/s1. The zero-order valence-corrected chi connectivity index (χ0v) is 18.9. The minimum Gasteiger partial charge on any atom is -0.207 e. The summed E-state index contributed by atoms with van der Waals surface area (Å²) in [5.41, 5.74) is 1.55. The fourth-order valence-corrected chi connectivity index (χ4v) is 7.40. The van der Waals surface area contributed by atoms with Gasteiger partial charge in [-0.2, -0.15) is 8.61 Å². The lowest BCUT2D eigenvalue weighted by Gasteiger charge is -2.30. The molecule has 3 aromatic rings. The molecule has 0 unspecified atom stereocenters. The topological polar surface area (TPSA) is 74.8 Å². The molecule has 0 amide bonds. The van der Waals surface area contributed by atoms with Crippen LogP contribution in [0.4, 0.5) is 0 Å². The third-order valence-corrected chi connectivity index (χ3v) is 9.25. The molecule has 1 fully saturated rings. The number of sulfonamides is 2. The van der Waals surface area contributed by atoms with Crippen LogP contribution < -0.4 is 0 Å². The smallest absolute Gasteiger partial charge is 0.207 e. The molecule has 0 spiro atoms. The van der Waals surface area contributed by atoms with Crippen LogP contribution in [0.2, 0.25) is 0 Å². The first-order valence-corrected chi connectivity index (χ1v) is 12.8. The third kappa shape index (κ3) is 3.92. The van der Waals surface area contributed by atoms with E-state index in [4.69, 9.17) is 0 Å². The van der Waals surface area contributed by atoms with Crippen LogP contribution in [-0.2, 0) is 20.0 Å². The molecule has 31 heavy (non-hydrogen) atoms. The Hall–Kier alpha value is -2.52. The molecule has 8 heteroatoms. The van der Waals surface area contributed by atoms with E-state index in [0.717, 1.165) is 5.56 Å². The van der Waals surface area contributed by atoms with Crippen LogP contribution in [0.1, 0.15) is 24.2 Å². The highest BCUT2D eigenvalue weighted by Crippen LogP contribution is 2.41. The van der Waals surface area contributed by atoms with E-state index in [9.17, 15) is 16.8 Å². The van der Waals surface area contributed by atoms with E-state index in [1.54, 1.807) is 73.7 Å². The molecule has 0 bridgehead atoms. The molecule has 162 valence electrons. The van der Waals surface area contributed by atoms with Gasteiger partial charge in [0.2, 0.25) is 20.0 Å². The monoisotopic (exact) mass is 456 g/mol. The normalized spacial score (nSPS) is 20.7. The van der Waals surface area contributed by atoms with Crippen LogP contribution in [0.3, 0.4) is 0 Å². The summed E-state index contributed by atoms with van der Waals surface area (Å²) < 4.78 is 56.9. The Morgan fingerprint density at radius 1 is 0.710 bits per heavy atom. The summed E-state index contributed by atoms with van der Waals surface area (Å²) in [4.78, 5) is 0.280. The van der Waals surface area contributed by atoms with E-state index < -0.39 is 32.3 Å². The lowest BCUT2D eigenvalue weighted by molar-refractivity contribution is 0.276. The molecular weight excluding hydrogens is 432 g/mol. The van der Waals surface area contributed by atoms with E-state index in [2.05, 4.69) is 0 Å². The largest absolute Gasteiger partial charge is 0.245 e. The summed E-state index contributed by atoms with van der Waals surface area (Å²) in [7, 11) is -7.87. The molecule has 1 heterocycles. The zero-order chi connectivity index (χ0) is 22.2. The number of benzene rings is 3. The number of aryl methyl sites for hydroxylation is 1. The first kappa shape index (κ1) is 21.7. The third-order valence-electron chi connectivity index (χ3n) is 5.44. The molecule has 3 aromatic carbocycles. The molecule has 1 aliphatic heterocycles. The highest BCUT2D eigenvalue weighted by molar-refractivity contribution is 7.90. The van der Waals surface area contributed by atoms with Gasteiger partial charge in [-0.1, -0.05) is 66.2 Å². The first-order valence-electron chi connectivity index (χ1n) is 9.95. The molecular formula is C23H24N2O4S2. The molecule has 2 atom stereocenters. The lowest BCUT2D eigenvalue weighted by atomic mass is 10.2. The predicted molar refractivity (Wildman–Crippen MR) is 119 cm³/mol. The minimum absolute atomic E-state index is 0.0574. The van der Waals surface area contributed by atoms with Gasteiger partial charge in [0.05, 0.1) is 9.79 Å². The number of rotatable bonds is 5. The van der Waals surface area contributed by atoms with Gasteiger partial charge < -0.3 is 0 Å². The van der Waals surface area contributed by atoms with Crippen molar-refractivity contribution in [3.05, 3.63) is 96.1 Å². The highest BCUT2D eigenvalue weighted by atomic mass is 32.2. The summed E-state index contributed by atoms with van der Waals surface area (Å²) >= 11 is 0. The highest BCUT2D eigenvalue weighted by Gasteiger charge is 2.50. The second-order valence-corrected chi connectivity index (χ2v) is 11.4. The van der Waals surface area contributed by atoms with Crippen molar-refractivity contribution in [1.29, 1.82) is 0 Å². The average molecular weight is 457 g/mol. The second kappa shape index (κ2) is 8.20. The number of nitrogens with zero attached hydrogens (tertiary/aromatic N) is 2. The lowest BCUT2D eigenvalue weighted by Crippen LogP contribution is -2.39. The summed E-state index contributed by atoms with van der Waals surface area (Å²) in [5, 5.41) is 0. The Morgan fingerprint density at radius 2 is 1.23 bits per heavy atom. The predicted octanol–water partition coefficient (Wildman–Crippen LogP) is 3.78. The molecule has 0 saturated carbocycles. The fourth-order valence-electron chi connectivity index (χ4n) is 3.90. The van der Waals surface area contributed by atoms with Crippen molar-refractivity contribution in [1.82, 2.24) is 8.61 Å². The van der Waals surface area contributed by atoms with E-state index in [1.165, 1.54) is 20.7 Å². The quantitative estimate of drug-likeness (QED) is 0.586. The van der Waals surface area contributed by atoms with Gasteiger partial charge in [0.1, 0.15) is 6.17 Å². The Balaban J connectivity index is 1.87. The van der Waals surface area contributed by atoms with Gasteiger partial charge >= 0.3 is 0 Å². The van der Waals surface area contributed by atoms with Gasteiger partial charge in [-0.15, -0.1) is 0 Å². The van der Waals surface area contributed by atoms with Crippen molar-refractivity contribution >= 4 is 20.0 Å². The van der Waals surface area contributed by atoms with Gasteiger partial charge in [-0.25, -0.2) is 16.8 Å². The SMILES string of the molecule is Cc1ccc(S(=O)(=O)N2C[C@H](C)N(S(=O)(=O)c3ccccc3)[C@H]2c2ccccc2)cc1. The van der Waals surface area contributed by atoms with Crippen LogP contribution in [0.5, 0.6) is 0 Å².